The van der Waals surface area contributed by atoms with Crippen molar-refractivity contribution < 1.29 is 60.3 Å². The van der Waals surface area contributed by atoms with Crippen LogP contribution in [0.1, 0.15) is 85.2 Å². The number of rotatable bonds is 12. The van der Waals surface area contributed by atoms with E-state index >= 15 is 0 Å². The minimum absolute atomic E-state index is 0.0706. The van der Waals surface area contributed by atoms with Crippen LogP contribution in [-0.4, -0.2) is 63.7 Å². The van der Waals surface area contributed by atoms with E-state index in [0.29, 0.717) is 36.0 Å². The van der Waals surface area contributed by atoms with Crippen LogP contribution in [-0.2, 0) is 38.9 Å². The Kier molecular flexibility index (Phi) is 11.2. The number of nitrogens with one attached hydrogen (secondary N) is 3. The van der Waals surface area contributed by atoms with Gasteiger partial charge in [0.25, 0.3) is 17.7 Å². The summed E-state index contributed by atoms with van der Waals surface area (Å²) in [6, 6.07) is 5.95. The average molecular weight is 706 g/mol. The predicted molar refractivity (Wildman–Crippen MR) is 182 cm³/mol. The normalized spacial score (nSPS) is 10.9. The first-order valence-electron chi connectivity index (χ1n) is 15.9. The second-order valence-electron chi connectivity index (χ2n) is 11.6. The molecule has 0 heterocycles. The maximum Gasteiger partial charge on any atom is 0.251 e. The van der Waals surface area contributed by atoms with Gasteiger partial charge < -0.3 is 61.9 Å². The zero-order valence-electron chi connectivity index (χ0n) is 28.0. The number of aromatic hydroxyl groups is 9. The van der Waals surface area contributed by atoms with Crippen LogP contribution in [0.25, 0.3) is 0 Å². The zero-order valence-corrected chi connectivity index (χ0v) is 28.0. The smallest absolute Gasteiger partial charge is 0.251 e. The Labute approximate surface area is 291 Å². The summed E-state index contributed by atoms with van der Waals surface area (Å²) in [5.41, 5.74) is 3.87. The Morgan fingerprint density at radius 1 is 0.392 bits per heavy atom. The maximum absolute atomic E-state index is 13.2. The third kappa shape index (κ3) is 7.72. The van der Waals surface area contributed by atoms with Gasteiger partial charge in [0.15, 0.2) is 51.7 Å². The van der Waals surface area contributed by atoms with Gasteiger partial charge in [-0.2, -0.15) is 0 Å². The molecule has 4 aromatic carbocycles. The lowest BCUT2D eigenvalue weighted by molar-refractivity contribution is 0.0943. The number of benzene rings is 4. The lowest BCUT2D eigenvalue weighted by Gasteiger charge is -2.27. The van der Waals surface area contributed by atoms with Crippen molar-refractivity contribution >= 4 is 17.7 Å². The van der Waals surface area contributed by atoms with Crippen LogP contribution in [0.5, 0.6) is 51.7 Å². The van der Waals surface area contributed by atoms with Crippen molar-refractivity contribution in [2.24, 2.45) is 0 Å². The number of phenolic OH excluding ortho intramolecular Hbond substituents is 9. The number of amides is 3. The van der Waals surface area contributed by atoms with E-state index in [1.165, 1.54) is 0 Å². The summed E-state index contributed by atoms with van der Waals surface area (Å²) in [7, 11) is 0. The molecule has 0 fully saturated rings. The van der Waals surface area contributed by atoms with Gasteiger partial charge in [0.05, 0.1) is 0 Å². The minimum Gasteiger partial charge on any atom is -0.504 e. The monoisotopic (exact) mass is 705 g/mol. The third-order valence-electron chi connectivity index (χ3n) is 8.52. The molecule has 0 aromatic heterocycles. The molecule has 0 unspecified atom stereocenters. The highest BCUT2D eigenvalue weighted by molar-refractivity contribution is 5.97. The molecule has 0 spiro atoms. The lowest BCUT2D eigenvalue weighted by atomic mass is 9.83. The molecule has 0 radical (unpaired) electrons. The van der Waals surface area contributed by atoms with E-state index in [4.69, 9.17) is 0 Å². The number of phenols is 9. The predicted octanol–water partition coefficient (Wildman–Crippen LogP) is 3.51. The van der Waals surface area contributed by atoms with Gasteiger partial charge in [-0.3, -0.25) is 14.4 Å². The SMILES string of the molecule is CCc1c(CNC(=O)c2cc(O)c(O)c(O)c2)c(CC)c(CNC(=O)c2cc(O)c(O)c(O)c2)c(CC)c1CNC(=O)c1cc(O)c(O)c(O)c1. The molecule has 15 nitrogen and oxygen atoms in total. The van der Waals surface area contributed by atoms with Crippen LogP contribution in [0.3, 0.4) is 0 Å². The number of hydrogen-bond acceptors (Lipinski definition) is 12. The Bertz CT molecular complexity index is 1710. The van der Waals surface area contributed by atoms with Gasteiger partial charge >= 0.3 is 0 Å². The fourth-order valence-electron chi connectivity index (χ4n) is 6.03. The van der Waals surface area contributed by atoms with E-state index in [9.17, 15) is 60.3 Å². The number of carbonyl (C=O) groups is 3. The van der Waals surface area contributed by atoms with Crippen LogP contribution < -0.4 is 16.0 Å². The molecule has 0 saturated carbocycles. The van der Waals surface area contributed by atoms with E-state index < -0.39 is 69.5 Å². The molecule has 270 valence electrons. The molecular formula is C36H39N3O12. The molecule has 4 aromatic rings. The summed E-state index contributed by atoms with van der Waals surface area (Å²) in [4.78, 5) is 39.5. The van der Waals surface area contributed by atoms with Crippen molar-refractivity contribution in [3.63, 3.8) is 0 Å². The van der Waals surface area contributed by atoms with Crippen LogP contribution in [0.2, 0.25) is 0 Å². The second kappa shape index (κ2) is 15.4. The van der Waals surface area contributed by atoms with Crippen molar-refractivity contribution in [3.05, 3.63) is 86.5 Å². The van der Waals surface area contributed by atoms with Crippen molar-refractivity contribution in [1.82, 2.24) is 16.0 Å². The third-order valence-corrected chi connectivity index (χ3v) is 8.52. The van der Waals surface area contributed by atoms with Crippen molar-refractivity contribution in [2.45, 2.75) is 59.7 Å². The van der Waals surface area contributed by atoms with Gasteiger partial charge in [-0.15, -0.1) is 0 Å². The molecule has 0 aliphatic rings. The second-order valence-corrected chi connectivity index (χ2v) is 11.6. The Morgan fingerprint density at radius 3 is 0.765 bits per heavy atom. The highest BCUT2D eigenvalue weighted by atomic mass is 16.3. The van der Waals surface area contributed by atoms with Gasteiger partial charge in [0.2, 0.25) is 0 Å². The van der Waals surface area contributed by atoms with Gasteiger partial charge in [-0.05, 0) is 89.0 Å². The first-order valence-corrected chi connectivity index (χ1v) is 15.9. The largest absolute Gasteiger partial charge is 0.504 e. The lowest BCUT2D eigenvalue weighted by Crippen LogP contribution is -2.30. The van der Waals surface area contributed by atoms with Gasteiger partial charge in [-0.1, -0.05) is 20.8 Å². The molecule has 4 rings (SSSR count). The van der Waals surface area contributed by atoms with Crippen LogP contribution in [0.15, 0.2) is 36.4 Å². The van der Waals surface area contributed by atoms with E-state index in [2.05, 4.69) is 16.0 Å². The summed E-state index contributed by atoms with van der Waals surface area (Å²) >= 11 is 0. The highest BCUT2D eigenvalue weighted by Gasteiger charge is 2.24. The summed E-state index contributed by atoms with van der Waals surface area (Å²) in [5.74, 6) is -8.58. The molecular weight excluding hydrogens is 666 g/mol. The topological polar surface area (TPSA) is 269 Å². The minimum atomic E-state index is -0.780. The Hall–Kier alpha value is -6.51. The quantitative estimate of drug-likeness (QED) is 0.0945. The summed E-state index contributed by atoms with van der Waals surface area (Å²) < 4.78 is 0. The fraction of sp³-hybridized carbons (Fsp3) is 0.250. The Morgan fingerprint density at radius 2 is 0.588 bits per heavy atom. The van der Waals surface area contributed by atoms with E-state index in [0.717, 1.165) is 53.1 Å². The first-order chi connectivity index (χ1) is 24.1. The summed E-state index contributed by atoms with van der Waals surface area (Å²) in [6.07, 6.45) is 1.28. The van der Waals surface area contributed by atoms with Gasteiger partial charge in [0.1, 0.15) is 0 Å². The molecule has 51 heavy (non-hydrogen) atoms. The molecule has 12 N–H and O–H groups in total. The summed E-state index contributed by atoms with van der Waals surface area (Å²) in [5, 5.41) is 97.0. The zero-order chi connectivity index (χ0) is 37.7. The maximum atomic E-state index is 13.2. The number of carbonyl (C=O) groups excluding carboxylic acids is 3. The van der Waals surface area contributed by atoms with E-state index in [1.54, 1.807) is 0 Å². The van der Waals surface area contributed by atoms with E-state index in [1.807, 2.05) is 20.8 Å². The van der Waals surface area contributed by atoms with Gasteiger partial charge in [0, 0.05) is 36.3 Å². The van der Waals surface area contributed by atoms with Crippen LogP contribution in [0.4, 0.5) is 0 Å². The molecule has 0 aliphatic heterocycles. The molecule has 3 amide bonds. The molecule has 0 bridgehead atoms. The standard InChI is InChI=1S/C36H39N3O12/c1-4-19-22(13-37-34(49)16-7-25(40)31(46)26(41)8-16)20(5-2)24(15-39-36(51)18-11-29(44)33(48)30(45)12-18)21(6-3)23(19)14-38-35(50)17-9-27(42)32(47)28(43)10-17/h7-12,40-48H,4-6,13-15H2,1-3H3,(H,37,49)(H,38,50)(H,39,51). The number of hydrogen-bond donors (Lipinski definition) is 12. The fourth-order valence-corrected chi connectivity index (χ4v) is 6.03. The van der Waals surface area contributed by atoms with Crippen LogP contribution >= 0.6 is 0 Å². The molecule has 0 saturated heterocycles. The summed E-state index contributed by atoms with van der Waals surface area (Å²) in [6.45, 7) is 5.42. The molecule has 15 heteroatoms. The highest BCUT2D eigenvalue weighted by Crippen LogP contribution is 2.38. The van der Waals surface area contributed by atoms with Crippen molar-refractivity contribution in [3.8, 4) is 51.7 Å². The van der Waals surface area contributed by atoms with E-state index in [-0.39, 0.29) is 36.3 Å². The average Bonchev–Trinajstić information content (AvgIpc) is 3.10. The molecule has 0 aliphatic carbocycles. The van der Waals surface area contributed by atoms with Crippen LogP contribution in [0, 0.1) is 0 Å². The van der Waals surface area contributed by atoms with Gasteiger partial charge in [-0.25, -0.2) is 0 Å². The van der Waals surface area contributed by atoms with Crippen molar-refractivity contribution in [1.29, 1.82) is 0 Å². The molecule has 0 atom stereocenters. The first kappa shape index (κ1) is 37.3. The van der Waals surface area contributed by atoms with Crippen molar-refractivity contribution in [2.75, 3.05) is 0 Å². The Balaban J connectivity index is 1.78.